The minimum absolute atomic E-state index is 0.0126. The van der Waals surface area contributed by atoms with Crippen LogP contribution in [0.5, 0.6) is 0 Å². The van der Waals surface area contributed by atoms with Crippen molar-refractivity contribution in [2.75, 3.05) is 20.1 Å². The van der Waals surface area contributed by atoms with Crippen LogP contribution in [0.15, 0.2) is 17.5 Å². The summed E-state index contributed by atoms with van der Waals surface area (Å²) in [4.78, 5) is 15.7. The summed E-state index contributed by atoms with van der Waals surface area (Å²) in [5.74, 6) is 0.273. The van der Waals surface area contributed by atoms with Crippen molar-refractivity contribution in [2.24, 2.45) is 0 Å². The van der Waals surface area contributed by atoms with Crippen LogP contribution in [-0.4, -0.2) is 36.5 Å². The van der Waals surface area contributed by atoms with E-state index >= 15 is 0 Å². The maximum atomic E-state index is 12.5. The second kappa shape index (κ2) is 5.85. The van der Waals surface area contributed by atoms with Crippen molar-refractivity contribution in [1.29, 1.82) is 0 Å². The number of amides is 1. The monoisotopic (exact) mass is 266 g/mol. The second-order valence-corrected chi connectivity index (χ2v) is 6.32. The van der Waals surface area contributed by atoms with Crippen molar-refractivity contribution < 1.29 is 4.79 Å². The Kier molecular flexibility index (Phi) is 4.40. The average molecular weight is 266 g/mol. The Morgan fingerprint density at radius 2 is 2.39 bits per heavy atom. The summed E-state index contributed by atoms with van der Waals surface area (Å²) in [5.41, 5.74) is -0.0126. The van der Waals surface area contributed by atoms with Gasteiger partial charge in [0.2, 0.25) is 5.91 Å². The van der Waals surface area contributed by atoms with E-state index in [1.165, 1.54) is 6.42 Å². The minimum Gasteiger partial charge on any atom is -0.336 e. The fraction of sp³-hybridized carbons (Fsp3) is 0.643. The van der Waals surface area contributed by atoms with Crippen LogP contribution in [0.25, 0.3) is 0 Å². The van der Waals surface area contributed by atoms with Gasteiger partial charge in [0.05, 0.1) is 12.0 Å². The summed E-state index contributed by atoms with van der Waals surface area (Å²) in [6, 6.07) is 4.05. The zero-order valence-electron chi connectivity index (χ0n) is 11.2. The molecule has 0 radical (unpaired) electrons. The summed E-state index contributed by atoms with van der Waals surface area (Å²) in [6.45, 7) is 3.99. The van der Waals surface area contributed by atoms with Crippen molar-refractivity contribution in [3.05, 3.63) is 22.4 Å². The zero-order chi connectivity index (χ0) is 13.0. The highest BCUT2D eigenvalue weighted by Gasteiger charge is 2.36. The normalized spacial score (nSPS) is 24.2. The number of nitrogens with one attached hydrogen (secondary N) is 1. The lowest BCUT2D eigenvalue weighted by atomic mass is 9.88. The fourth-order valence-corrected chi connectivity index (χ4v) is 3.52. The lowest BCUT2D eigenvalue weighted by molar-refractivity contribution is -0.138. The van der Waals surface area contributed by atoms with Crippen LogP contribution in [0.1, 0.15) is 31.1 Å². The number of hydrogen-bond donors (Lipinski definition) is 1. The van der Waals surface area contributed by atoms with E-state index in [1.54, 1.807) is 11.3 Å². The lowest BCUT2D eigenvalue weighted by Gasteiger charge is -2.45. The molecule has 1 aliphatic heterocycles. The van der Waals surface area contributed by atoms with E-state index in [4.69, 9.17) is 0 Å². The predicted octanol–water partition coefficient (Wildman–Crippen LogP) is 2.28. The smallest absolute Gasteiger partial charge is 0.228 e. The van der Waals surface area contributed by atoms with Crippen LogP contribution in [0, 0.1) is 0 Å². The van der Waals surface area contributed by atoms with Crippen molar-refractivity contribution >= 4 is 17.2 Å². The van der Waals surface area contributed by atoms with Crippen molar-refractivity contribution in [3.8, 4) is 0 Å². The van der Waals surface area contributed by atoms with Crippen molar-refractivity contribution in [3.63, 3.8) is 0 Å². The van der Waals surface area contributed by atoms with E-state index in [2.05, 4.69) is 17.1 Å². The molecular formula is C14H22N2OS. The molecule has 2 rings (SSSR count). The molecule has 1 atom stereocenters. The molecule has 1 aromatic rings. The number of likely N-dealkylation sites (N-methyl/N-ethyl adjacent to an activating group) is 1. The van der Waals surface area contributed by atoms with Gasteiger partial charge in [0.15, 0.2) is 0 Å². The van der Waals surface area contributed by atoms with E-state index in [1.807, 2.05) is 24.6 Å². The molecule has 100 valence electrons. The van der Waals surface area contributed by atoms with Crippen LogP contribution in [-0.2, 0) is 11.2 Å². The number of nitrogens with zero attached hydrogens (tertiary/aromatic N) is 1. The molecule has 4 heteroatoms. The van der Waals surface area contributed by atoms with Gasteiger partial charge in [-0.25, -0.2) is 0 Å². The molecule has 1 saturated heterocycles. The molecule has 1 amide bonds. The van der Waals surface area contributed by atoms with Crippen molar-refractivity contribution in [1.82, 2.24) is 10.2 Å². The summed E-state index contributed by atoms with van der Waals surface area (Å²) in [5, 5.41) is 5.26. The van der Waals surface area contributed by atoms with Gasteiger partial charge < -0.3 is 10.2 Å². The number of piperidine rings is 1. The molecule has 3 nitrogen and oxygen atoms in total. The Morgan fingerprint density at radius 3 is 3.06 bits per heavy atom. The SMILES string of the molecule is CNCC1(C)CCCCN1C(=O)Cc1cccs1. The highest BCUT2D eigenvalue weighted by atomic mass is 32.1. The first-order chi connectivity index (χ1) is 8.65. The number of carbonyl (C=O) groups excluding carboxylic acids is 1. The number of likely N-dealkylation sites (tertiary alicyclic amines) is 1. The summed E-state index contributed by atoms with van der Waals surface area (Å²) in [6.07, 6.45) is 4.01. The fourth-order valence-electron chi connectivity index (χ4n) is 2.83. The molecule has 1 fully saturated rings. The molecule has 1 unspecified atom stereocenters. The van der Waals surface area contributed by atoms with Crippen LogP contribution in [0.3, 0.4) is 0 Å². The highest BCUT2D eigenvalue weighted by molar-refractivity contribution is 7.10. The number of thiophene rings is 1. The molecule has 2 heterocycles. The lowest BCUT2D eigenvalue weighted by Crippen LogP contribution is -2.57. The first-order valence-electron chi connectivity index (χ1n) is 6.63. The zero-order valence-corrected chi connectivity index (χ0v) is 12.1. The van der Waals surface area contributed by atoms with Gasteiger partial charge in [-0.15, -0.1) is 11.3 Å². The van der Waals surface area contributed by atoms with Crippen LogP contribution >= 0.6 is 11.3 Å². The molecule has 1 aliphatic rings. The third-order valence-electron chi connectivity index (χ3n) is 3.76. The van der Waals surface area contributed by atoms with Crippen LogP contribution in [0.2, 0.25) is 0 Å². The maximum Gasteiger partial charge on any atom is 0.228 e. The van der Waals surface area contributed by atoms with Crippen LogP contribution < -0.4 is 5.32 Å². The Hall–Kier alpha value is -0.870. The number of carbonyl (C=O) groups is 1. The molecule has 1 aromatic heterocycles. The second-order valence-electron chi connectivity index (χ2n) is 5.29. The first kappa shape index (κ1) is 13.6. The largest absolute Gasteiger partial charge is 0.336 e. The molecule has 0 aromatic carbocycles. The topological polar surface area (TPSA) is 32.3 Å². The first-order valence-corrected chi connectivity index (χ1v) is 7.51. The molecule has 0 aliphatic carbocycles. The third kappa shape index (κ3) is 2.93. The average Bonchev–Trinajstić information content (AvgIpc) is 2.82. The van der Waals surface area contributed by atoms with Gasteiger partial charge in [-0.3, -0.25) is 4.79 Å². The number of hydrogen-bond acceptors (Lipinski definition) is 3. The Morgan fingerprint density at radius 1 is 1.56 bits per heavy atom. The van der Waals surface area contributed by atoms with Gasteiger partial charge in [0, 0.05) is 18.0 Å². The van der Waals surface area contributed by atoms with Gasteiger partial charge in [0.1, 0.15) is 0 Å². The summed E-state index contributed by atoms with van der Waals surface area (Å²) >= 11 is 1.67. The van der Waals surface area contributed by atoms with E-state index in [-0.39, 0.29) is 11.4 Å². The predicted molar refractivity (Wildman–Crippen MR) is 75.9 cm³/mol. The van der Waals surface area contributed by atoms with Crippen molar-refractivity contribution in [2.45, 2.75) is 38.1 Å². The summed E-state index contributed by atoms with van der Waals surface area (Å²) in [7, 11) is 1.96. The van der Waals surface area contributed by atoms with Gasteiger partial charge in [-0.1, -0.05) is 6.07 Å². The van der Waals surface area contributed by atoms with E-state index in [0.29, 0.717) is 6.42 Å². The third-order valence-corrected chi connectivity index (χ3v) is 4.64. The Balaban J connectivity index is 2.06. The summed E-state index contributed by atoms with van der Waals surface area (Å²) < 4.78 is 0. The van der Waals surface area contributed by atoms with Gasteiger partial charge in [0.25, 0.3) is 0 Å². The van der Waals surface area contributed by atoms with Gasteiger partial charge in [-0.2, -0.15) is 0 Å². The Labute approximate surface area is 113 Å². The molecule has 0 spiro atoms. The minimum atomic E-state index is -0.0126. The van der Waals surface area contributed by atoms with Gasteiger partial charge in [-0.05, 0) is 44.7 Å². The van der Waals surface area contributed by atoms with E-state index < -0.39 is 0 Å². The molecule has 1 N–H and O–H groups in total. The van der Waals surface area contributed by atoms with E-state index in [9.17, 15) is 4.79 Å². The van der Waals surface area contributed by atoms with Crippen LogP contribution in [0.4, 0.5) is 0 Å². The quantitative estimate of drug-likeness (QED) is 0.907. The molecule has 0 bridgehead atoms. The Bertz CT molecular complexity index is 387. The standard InChI is InChI=1S/C14H22N2OS/c1-14(11-15-2)7-3-4-8-16(14)13(17)10-12-6-5-9-18-12/h5-6,9,15H,3-4,7-8,10-11H2,1-2H3. The van der Waals surface area contributed by atoms with Gasteiger partial charge >= 0.3 is 0 Å². The molecule has 18 heavy (non-hydrogen) atoms. The molecule has 0 saturated carbocycles. The highest BCUT2D eigenvalue weighted by Crippen LogP contribution is 2.28. The number of rotatable bonds is 4. The maximum absolute atomic E-state index is 12.5. The molecular weight excluding hydrogens is 244 g/mol. The van der Waals surface area contributed by atoms with E-state index in [0.717, 1.165) is 30.8 Å².